The number of hydrogen-bond donors (Lipinski definition) is 2. The predicted octanol–water partition coefficient (Wildman–Crippen LogP) is 4.03. The quantitative estimate of drug-likeness (QED) is 0.504. The molecule has 2 heterocycles. The summed E-state index contributed by atoms with van der Waals surface area (Å²) in [5, 5.41) is 13.6. The second-order valence-electron chi connectivity index (χ2n) is 7.77. The van der Waals surface area contributed by atoms with Crippen LogP contribution in [0, 0.1) is 27.7 Å². The fraction of sp³-hybridized carbons (Fsp3) is 0.435. The highest BCUT2D eigenvalue weighted by atomic mass is 32.2. The number of hydrogen-bond acceptors (Lipinski definition) is 6. The lowest BCUT2D eigenvalue weighted by Crippen LogP contribution is -2.41. The minimum atomic E-state index is -1.06. The highest BCUT2D eigenvalue weighted by Gasteiger charge is 2.21. The van der Waals surface area contributed by atoms with Gasteiger partial charge in [-0.05, 0) is 69.7 Å². The molecule has 7 nitrogen and oxygen atoms in total. The van der Waals surface area contributed by atoms with Crippen LogP contribution in [0.5, 0.6) is 0 Å². The van der Waals surface area contributed by atoms with Crippen molar-refractivity contribution in [3.8, 4) is 0 Å². The van der Waals surface area contributed by atoms with E-state index in [4.69, 9.17) is 8.83 Å². The third kappa shape index (κ3) is 4.49. The Labute approximate surface area is 184 Å². The van der Waals surface area contributed by atoms with E-state index in [2.05, 4.69) is 5.32 Å². The second kappa shape index (κ2) is 9.18. The maximum atomic E-state index is 12.7. The second-order valence-corrected chi connectivity index (χ2v) is 8.76. The number of carbonyl (C=O) groups excluding carboxylic acids is 1. The first-order valence-corrected chi connectivity index (χ1v) is 11.5. The van der Waals surface area contributed by atoms with Crippen LogP contribution in [0.1, 0.15) is 40.9 Å². The summed E-state index contributed by atoms with van der Waals surface area (Å²) in [7, 11) is 0. The zero-order valence-electron chi connectivity index (χ0n) is 18.4. The van der Waals surface area contributed by atoms with Crippen molar-refractivity contribution >= 4 is 45.6 Å². The summed E-state index contributed by atoms with van der Waals surface area (Å²) in [6.45, 7) is 7.60. The molecule has 31 heavy (non-hydrogen) atoms. The van der Waals surface area contributed by atoms with Crippen molar-refractivity contribution in [3.05, 3.63) is 44.5 Å². The van der Waals surface area contributed by atoms with Crippen molar-refractivity contribution in [1.29, 1.82) is 0 Å². The molecule has 0 radical (unpaired) electrons. The van der Waals surface area contributed by atoms with E-state index in [1.807, 2.05) is 40.0 Å². The summed E-state index contributed by atoms with van der Waals surface area (Å²) in [5.41, 5.74) is 3.71. The maximum absolute atomic E-state index is 12.7. The molecule has 2 N–H and O–H groups in total. The molecule has 8 heteroatoms. The zero-order valence-corrected chi connectivity index (χ0v) is 19.2. The number of aryl methyl sites for hydroxylation is 4. The van der Waals surface area contributed by atoms with E-state index in [1.165, 1.54) is 11.8 Å². The van der Waals surface area contributed by atoms with E-state index in [0.29, 0.717) is 28.9 Å². The average Bonchev–Trinajstić information content (AvgIpc) is 3.00. The number of carboxylic acids is 1. The Kier molecular flexibility index (Phi) is 6.79. The summed E-state index contributed by atoms with van der Waals surface area (Å²) in [5.74, 6) is -0.0140. The van der Waals surface area contributed by atoms with Crippen molar-refractivity contribution in [2.45, 2.75) is 53.0 Å². The van der Waals surface area contributed by atoms with Crippen LogP contribution >= 0.6 is 11.8 Å². The summed E-state index contributed by atoms with van der Waals surface area (Å²) < 4.78 is 11.5. The standard InChI is InChI=1S/C23H27NO6S/c1-11-14(4)29-20-13(3)21-17(10-16(11)20)12(2)15(23(28)30-21)6-7-19(25)24-18(22(26)27)8-9-31-5/h10,18H,6-9H2,1-5H3,(H,24,25)(H,26,27)/t18-/m1/s1. The number of fused-ring (bicyclic) bond motifs is 2. The Morgan fingerprint density at radius 3 is 2.35 bits per heavy atom. The van der Waals surface area contributed by atoms with Gasteiger partial charge in [-0.15, -0.1) is 0 Å². The Hall–Kier alpha value is -2.74. The van der Waals surface area contributed by atoms with Gasteiger partial charge in [-0.2, -0.15) is 11.8 Å². The largest absolute Gasteiger partial charge is 0.480 e. The maximum Gasteiger partial charge on any atom is 0.339 e. The van der Waals surface area contributed by atoms with Crippen molar-refractivity contribution in [2.75, 3.05) is 12.0 Å². The SMILES string of the molecule is CSCC[C@@H](NC(=O)CCc1c(C)c2cc3c(C)c(C)oc3c(C)c2oc1=O)C(=O)O. The van der Waals surface area contributed by atoms with Crippen LogP contribution < -0.4 is 10.9 Å². The normalized spacial score (nSPS) is 12.4. The molecule has 0 aliphatic heterocycles. The summed E-state index contributed by atoms with van der Waals surface area (Å²) in [6, 6.07) is 1.03. The van der Waals surface area contributed by atoms with Crippen molar-refractivity contribution < 1.29 is 23.5 Å². The molecule has 0 spiro atoms. The van der Waals surface area contributed by atoms with Crippen molar-refractivity contribution in [1.82, 2.24) is 5.32 Å². The van der Waals surface area contributed by atoms with Crippen molar-refractivity contribution in [3.63, 3.8) is 0 Å². The number of benzene rings is 1. The molecule has 0 aliphatic carbocycles. The van der Waals surface area contributed by atoms with Gasteiger partial charge in [-0.3, -0.25) is 4.79 Å². The lowest BCUT2D eigenvalue weighted by molar-refractivity contribution is -0.141. The molecule has 1 atom stereocenters. The number of furan rings is 1. The van der Waals surface area contributed by atoms with Gasteiger partial charge >= 0.3 is 11.6 Å². The number of amides is 1. The molecule has 1 amide bonds. The molecule has 2 aromatic heterocycles. The average molecular weight is 446 g/mol. The lowest BCUT2D eigenvalue weighted by Gasteiger charge is -2.14. The predicted molar refractivity (Wildman–Crippen MR) is 122 cm³/mol. The number of thioether (sulfide) groups is 1. The highest BCUT2D eigenvalue weighted by Crippen LogP contribution is 2.34. The minimum Gasteiger partial charge on any atom is -0.480 e. The Bertz CT molecular complexity index is 1220. The molecule has 0 fully saturated rings. The van der Waals surface area contributed by atoms with Gasteiger partial charge in [-0.1, -0.05) is 0 Å². The lowest BCUT2D eigenvalue weighted by atomic mass is 9.98. The molecule has 166 valence electrons. The first kappa shape index (κ1) is 22.9. The molecular formula is C23H27NO6S. The number of carboxylic acid groups (broad SMARTS) is 1. The van der Waals surface area contributed by atoms with Gasteiger partial charge in [0.1, 0.15) is 23.0 Å². The Morgan fingerprint density at radius 1 is 1.06 bits per heavy atom. The number of carbonyl (C=O) groups is 2. The minimum absolute atomic E-state index is 0.00519. The van der Waals surface area contributed by atoms with E-state index in [0.717, 1.165) is 33.2 Å². The topological polar surface area (TPSA) is 110 Å². The molecule has 1 aromatic carbocycles. The fourth-order valence-electron chi connectivity index (χ4n) is 3.78. The number of aliphatic carboxylic acids is 1. The fourth-order valence-corrected chi connectivity index (χ4v) is 4.25. The van der Waals surface area contributed by atoms with Crippen LogP contribution in [0.4, 0.5) is 0 Å². The van der Waals surface area contributed by atoms with Crippen LogP contribution in [0.15, 0.2) is 19.7 Å². The Morgan fingerprint density at radius 2 is 1.71 bits per heavy atom. The van der Waals surface area contributed by atoms with Gasteiger partial charge in [0.15, 0.2) is 0 Å². The molecule has 3 rings (SSSR count). The Balaban J connectivity index is 1.90. The van der Waals surface area contributed by atoms with Crippen LogP contribution in [0.25, 0.3) is 21.9 Å². The van der Waals surface area contributed by atoms with Crippen LogP contribution in [0.3, 0.4) is 0 Å². The molecule has 0 saturated carbocycles. The smallest absolute Gasteiger partial charge is 0.339 e. The molecule has 0 saturated heterocycles. The van der Waals surface area contributed by atoms with Crippen LogP contribution in [0.2, 0.25) is 0 Å². The molecule has 3 aromatic rings. The first-order valence-electron chi connectivity index (χ1n) is 10.1. The summed E-state index contributed by atoms with van der Waals surface area (Å²) in [6.07, 6.45) is 2.40. The third-order valence-electron chi connectivity index (χ3n) is 5.79. The molecule has 0 unspecified atom stereocenters. The van der Waals surface area contributed by atoms with E-state index in [9.17, 15) is 19.5 Å². The van der Waals surface area contributed by atoms with Crippen LogP contribution in [-0.4, -0.2) is 35.0 Å². The van der Waals surface area contributed by atoms with Gasteiger partial charge in [0.2, 0.25) is 5.91 Å². The molecule has 0 aliphatic rings. The summed E-state index contributed by atoms with van der Waals surface area (Å²) >= 11 is 1.52. The van der Waals surface area contributed by atoms with Gasteiger partial charge < -0.3 is 19.3 Å². The molecular weight excluding hydrogens is 418 g/mol. The number of rotatable bonds is 8. The van der Waals surface area contributed by atoms with E-state index < -0.39 is 23.5 Å². The first-order chi connectivity index (χ1) is 14.6. The van der Waals surface area contributed by atoms with Gasteiger partial charge in [0, 0.05) is 28.3 Å². The van der Waals surface area contributed by atoms with E-state index in [-0.39, 0.29) is 12.8 Å². The van der Waals surface area contributed by atoms with Gasteiger partial charge in [0.25, 0.3) is 0 Å². The third-order valence-corrected chi connectivity index (χ3v) is 6.43. The van der Waals surface area contributed by atoms with E-state index >= 15 is 0 Å². The summed E-state index contributed by atoms with van der Waals surface area (Å²) in [4.78, 5) is 36.3. The van der Waals surface area contributed by atoms with Gasteiger partial charge in [-0.25, -0.2) is 9.59 Å². The van der Waals surface area contributed by atoms with Crippen molar-refractivity contribution in [2.24, 2.45) is 0 Å². The monoisotopic (exact) mass is 445 g/mol. The number of nitrogens with one attached hydrogen (secondary N) is 1. The molecule has 0 bridgehead atoms. The van der Waals surface area contributed by atoms with E-state index in [1.54, 1.807) is 0 Å². The zero-order chi connectivity index (χ0) is 22.9. The highest BCUT2D eigenvalue weighted by molar-refractivity contribution is 7.98. The van der Waals surface area contributed by atoms with Gasteiger partial charge in [0.05, 0.1) is 0 Å². The van der Waals surface area contributed by atoms with Crippen LogP contribution in [-0.2, 0) is 16.0 Å².